The van der Waals surface area contributed by atoms with Gasteiger partial charge in [0, 0.05) is 18.4 Å². The van der Waals surface area contributed by atoms with Gasteiger partial charge in [0.2, 0.25) is 0 Å². The van der Waals surface area contributed by atoms with Gasteiger partial charge in [-0.1, -0.05) is 18.2 Å². The molecule has 17 heavy (non-hydrogen) atoms. The predicted octanol–water partition coefficient (Wildman–Crippen LogP) is 1.71. The number of rotatable bonds is 3. The van der Waals surface area contributed by atoms with E-state index in [9.17, 15) is 4.79 Å². The molecule has 0 aliphatic rings. The minimum atomic E-state index is -0.166. The molecule has 0 aliphatic heterocycles. The molecule has 0 saturated heterocycles. The molecule has 0 radical (unpaired) electrons. The molecule has 0 aliphatic carbocycles. The Morgan fingerprint density at radius 2 is 2.29 bits per heavy atom. The average molecular weight is 227 g/mol. The van der Waals surface area contributed by atoms with Crippen LogP contribution >= 0.6 is 0 Å². The quantitative estimate of drug-likeness (QED) is 0.619. The number of hydrogen-bond donors (Lipinski definition) is 2. The third-order valence-corrected chi connectivity index (χ3v) is 2.40. The molecular formula is C13H13N3O. The second-order valence-corrected chi connectivity index (χ2v) is 3.55. The van der Waals surface area contributed by atoms with Crippen LogP contribution in [0.5, 0.6) is 0 Å². The molecule has 0 saturated carbocycles. The number of aromatic nitrogens is 2. The highest BCUT2D eigenvalue weighted by atomic mass is 16.1. The highest BCUT2D eigenvalue weighted by molar-refractivity contribution is 6.04. The molecule has 86 valence electrons. The van der Waals surface area contributed by atoms with Crippen LogP contribution < -0.4 is 5.32 Å². The average Bonchev–Trinajstić information content (AvgIpc) is 2.78. The normalized spacial score (nSPS) is 9.71. The molecule has 1 aromatic heterocycles. The van der Waals surface area contributed by atoms with Crippen molar-refractivity contribution >= 4 is 16.8 Å². The van der Waals surface area contributed by atoms with Crippen LogP contribution in [-0.2, 0) is 0 Å². The van der Waals surface area contributed by atoms with Crippen molar-refractivity contribution in [2.24, 2.45) is 0 Å². The van der Waals surface area contributed by atoms with Gasteiger partial charge in [0.25, 0.3) is 5.91 Å². The number of hydrogen-bond acceptors (Lipinski definition) is 2. The highest BCUT2D eigenvalue weighted by Crippen LogP contribution is 2.14. The second kappa shape index (κ2) is 5.17. The summed E-state index contributed by atoms with van der Waals surface area (Å²) in [7, 11) is 0. The van der Waals surface area contributed by atoms with Crippen molar-refractivity contribution in [3.8, 4) is 11.8 Å². The number of carbonyl (C=O) groups excluding carboxylic acids is 1. The number of nitrogens with zero attached hydrogens (tertiary/aromatic N) is 1. The van der Waals surface area contributed by atoms with E-state index in [4.69, 9.17) is 0 Å². The smallest absolute Gasteiger partial charge is 0.272 e. The van der Waals surface area contributed by atoms with Gasteiger partial charge in [-0.05, 0) is 13.0 Å². The summed E-state index contributed by atoms with van der Waals surface area (Å²) in [6.45, 7) is 2.32. The molecule has 1 heterocycles. The predicted molar refractivity (Wildman–Crippen MR) is 66.5 cm³/mol. The number of benzene rings is 1. The van der Waals surface area contributed by atoms with Gasteiger partial charge in [-0.25, -0.2) is 0 Å². The minimum absolute atomic E-state index is 0.166. The summed E-state index contributed by atoms with van der Waals surface area (Å²) in [5.41, 5.74) is 1.30. The highest BCUT2D eigenvalue weighted by Gasteiger charge is 2.12. The Bertz CT molecular complexity index is 589. The molecule has 2 N–H and O–H groups in total. The lowest BCUT2D eigenvalue weighted by atomic mass is 10.2. The summed E-state index contributed by atoms with van der Waals surface area (Å²) in [6, 6.07) is 7.55. The van der Waals surface area contributed by atoms with Gasteiger partial charge in [0.1, 0.15) is 0 Å². The van der Waals surface area contributed by atoms with Crippen LogP contribution in [0.4, 0.5) is 0 Å². The fraction of sp³-hybridized carbons (Fsp3) is 0.231. The van der Waals surface area contributed by atoms with E-state index in [0.717, 1.165) is 10.9 Å². The van der Waals surface area contributed by atoms with Crippen molar-refractivity contribution in [1.29, 1.82) is 0 Å². The molecule has 4 heteroatoms. The van der Waals surface area contributed by atoms with Crippen LogP contribution in [0.1, 0.15) is 23.8 Å². The van der Waals surface area contributed by atoms with E-state index in [1.54, 1.807) is 6.92 Å². The molecule has 2 rings (SSSR count). The Morgan fingerprint density at radius 3 is 3.12 bits per heavy atom. The Hall–Kier alpha value is -2.28. The van der Waals surface area contributed by atoms with Gasteiger partial charge in [0.15, 0.2) is 5.69 Å². The molecule has 1 amide bonds. The Morgan fingerprint density at radius 1 is 1.47 bits per heavy atom. The van der Waals surface area contributed by atoms with E-state index in [1.807, 2.05) is 24.3 Å². The van der Waals surface area contributed by atoms with Gasteiger partial charge in [-0.3, -0.25) is 9.89 Å². The summed E-state index contributed by atoms with van der Waals surface area (Å²) < 4.78 is 0. The molecule has 0 atom stereocenters. The van der Waals surface area contributed by atoms with Gasteiger partial charge < -0.3 is 5.32 Å². The van der Waals surface area contributed by atoms with Crippen molar-refractivity contribution in [3.63, 3.8) is 0 Å². The van der Waals surface area contributed by atoms with Crippen molar-refractivity contribution in [3.05, 3.63) is 30.0 Å². The van der Waals surface area contributed by atoms with Crippen LogP contribution in [0.3, 0.4) is 0 Å². The van der Waals surface area contributed by atoms with E-state index in [-0.39, 0.29) is 5.91 Å². The zero-order valence-corrected chi connectivity index (χ0v) is 9.58. The third-order valence-electron chi connectivity index (χ3n) is 2.40. The van der Waals surface area contributed by atoms with E-state index < -0.39 is 0 Å². The van der Waals surface area contributed by atoms with Gasteiger partial charge >= 0.3 is 0 Å². The Kier molecular flexibility index (Phi) is 3.41. The van der Waals surface area contributed by atoms with Crippen LogP contribution in [0.2, 0.25) is 0 Å². The molecule has 0 fully saturated rings. The number of carbonyl (C=O) groups is 1. The first kappa shape index (κ1) is 11.2. The summed E-state index contributed by atoms with van der Waals surface area (Å²) in [6.07, 6.45) is 0.657. The topological polar surface area (TPSA) is 57.8 Å². The zero-order valence-electron chi connectivity index (χ0n) is 9.58. The standard InChI is InChI=1S/C13H13N3O/c1-2-3-6-9-14-13(17)12-10-7-4-5-8-11(10)15-16-12/h4-5,7-8H,6,9H2,1H3,(H,14,17)(H,15,16). The molecule has 2 aromatic rings. The maximum absolute atomic E-state index is 11.8. The maximum atomic E-state index is 11.8. The molecule has 1 aromatic carbocycles. The number of para-hydroxylation sites is 1. The van der Waals surface area contributed by atoms with Crippen LogP contribution in [0.15, 0.2) is 24.3 Å². The SMILES string of the molecule is CC#CCCNC(=O)c1n[nH]c2ccccc12. The molecule has 0 bridgehead atoms. The lowest BCUT2D eigenvalue weighted by Gasteiger charge is -1.99. The van der Waals surface area contributed by atoms with Crippen molar-refractivity contribution < 1.29 is 4.79 Å². The van der Waals surface area contributed by atoms with Crippen molar-refractivity contribution in [2.45, 2.75) is 13.3 Å². The lowest BCUT2D eigenvalue weighted by molar-refractivity contribution is 0.0951. The molecule has 0 unspecified atom stereocenters. The van der Waals surface area contributed by atoms with Crippen molar-refractivity contribution in [2.75, 3.05) is 6.54 Å². The van der Waals surface area contributed by atoms with E-state index in [2.05, 4.69) is 27.4 Å². The molecular weight excluding hydrogens is 214 g/mol. The Balaban J connectivity index is 2.10. The number of nitrogens with one attached hydrogen (secondary N) is 2. The summed E-state index contributed by atoms with van der Waals surface area (Å²) >= 11 is 0. The number of H-pyrrole nitrogens is 1. The first-order chi connectivity index (χ1) is 8.33. The van der Waals surface area contributed by atoms with Gasteiger partial charge in [-0.15, -0.1) is 11.8 Å². The van der Waals surface area contributed by atoms with Gasteiger partial charge in [-0.2, -0.15) is 5.10 Å². The van der Waals surface area contributed by atoms with Crippen LogP contribution in [-0.4, -0.2) is 22.6 Å². The largest absolute Gasteiger partial charge is 0.350 e. The van der Waals surface area contributed by atoms with E-state index >= 15 is 0 Å². The first-order valence-corrected chi connectivity index (χ1v) is 5.44. The van der Waals surface area contributed by atoms with E-state index in [1.165, 1.54) is 0 Å². The summed E-state index contributed by atoms with van der Waals surface area (Å²) in [5.74, 6) is 5.51. The van der Waals surface area contributed by atoms with Crippen LogP contribution in [0.25, 0.3) is 10.9 Å². The third kappa shape index (κ3) is 2.45. The number of amides is 1. The molecule has 0 spiro atoms. The Labute approximate surface area is 99.4 Å². The zero-order chi connectivity index (χ0) is 12.1. The first-order valence-electron chi connectivity index (χ1n) is 5.44. The number of fused-ring (bicyclic) bond motifs is 1. The second-order valence-electron chi connectivity index (χ2n) is 3.55. The summed E-state index contributed by atoms with van der Waals surface area (Å²) in [4.78, 5) is 11.8. The fourth-order valence-corrected chi connectivity index (χ4v) is 1.58. The fourth-order valence-electron chi connectivity index (χ4n) is 1.58. The number of aromatic amines is 1. The summed E-state index contributed by atoms with van der Waals surface area (Å²) in [5, 5.41) is 10.5. The minimum Gasteiger partial charge on any atom is -0.350 e. The van der Waals surface area contributed by atoms with Crippen molar-refractivity contribution in [1.82, 2.24) is 15.5 Å². The maximum Gasteiger partial charge on any atom is 0.272 e. The van der Waals surface area contributed by atoms with Crippen LogP contribution in [0, 0.1) is 11.8 Å². The van der Waals surface area contributed by atoms with Gasteiger partial charge in [0.05, 0.1) is 5.52 Å². The molecule has 4 nitrogen and oxygen atoms in total. The monoisotopic (exact) mass is 227 g/mol. The van der Waals surface area contributed by atoms with E-state index in [0.29, 0.717) is 18.7 Å². The lowest BCUT2D eigenvalue weighted by Crippen LogP contribution is -2.24.